The zero-order valence-corrected chi connectivity index (χ0v) is 15.4. The van der Waals surface area contributed by atoms with Crippen LogP contribution in [0.5, 0.6) is 5.75 Å². The molecule has 4 atom stereocenters. The fourth-order valence-corrected chi connectivity index (χ4v) is 5.49. The minimum atomic E-state index is 0.588. The first-order valence-electron chi connectivity index (χ1n) is 9.94. The van der Waals surface area contributed by atoms with Gasteiger partial charge in [0.2, 0.25) is 0 Å². The molecule has 1 aromatic carbocycles. The van der Waals surface area contributed by atoms with Gasteiger partial charge in [-0.3, -0.25) is 0 Å². The molecule has 1 heterocycles. The van der Waals surface area contributed by atoms with Crippen LogP contribution in [0, 0.1) is 11.8 Å². The van der Waals surface area contributed by atoms with E-state index in [1.807, 2.05) is 0 Å². The molecular formula is C22H31NO. The lowest BCUT2D eigenvalue weighted by atomic mass is 9.70. The van der Waals surface area contributed by atoms with Gasteiger partial charge in [0, 0.05) is 12.0 Å². The molecule has 1 N–H and O–H groups in total. The van der Waals surface area contributed by atoms with Gasteiger partial charge in [0.05, 0.1) is 6.61 Å². The number of rotatable bonds is 3. The number of allylic oxidation sites excluding steroid dienone is 1. The van der Waals surface area contributed by atoms with Gasteiger partial charge in [-0.05, 0) is 79.8 Å². The molecule has 1 aliphatic heterocycles. The van der Waals surface area contributed by atoms with E-state index in [2.05, 4.69) is 44.3 Å². The smallest absolute Gasteiger partial charge is 0.119 e. The molecule has 2 unspecified atom stereocenters. The highest BCUT2D eigenvalue weighted by Crippen LogP contribution is 2.51. The van der Waals surface area contributed by atoms with Crippen molar-refractivity contribution in [3.05, 3.63) is 34.9 Å². The molecule has 0 saturated heterocycles. The fourth-order valence-electron chi connectivity index (χ4n) is 5.49. The first kappa shape index (κ1) is 16.2. The average molecular weight is 325 g/mol. The van der Waals surface area contributed by atoms with E-state index in [1.165, 1.54) is 43.2 Å². The number of hydrogen-bond donors (Lipinski definition) is 1. The predicted molar refractivity (Wildman–Crippen MR) is 100 cm³/mol. The van der Waals surface area contributed by atoms with Gasteiger partial charge in [0.1, 0.15) is 5.75 Å². The van der Waals surface area contributed by atoms with Gasteiger partial charge in [0.15, 0.2) is 0 Å². The molecule has 24 heavy (non-hydrogen) atoms. The maximum Gasteiger partial charge on any atom is 0.119 e. The van der Waals surface area contributed by atoms with Crippen LogP contribution in [0.1, 0.15) is 69.9 Å². The van der Waals surface area contributed by atoms with Crippen molar-refractivity contribution in [1.82, 2.24) is 5.32 Å². The molecule has 0 amide bonds. The Hall–Kier alpha value is -1.28. The van der Waals surface area contributed by atoms with E-state index < -0.39 is 0 Å². The van der Waals surface area contributed by atoms with Gasteiger partial charge >= 0.3 is 0 Å². The monoisotopic (exact) mass is 325 g/mol. The summed E-state index contributed by atoms with van der Waals surface area (Å²) in [6, 6.07) is 7.52. The maximum absolute atomic E-state index is 5.78. The van der Waals surface area contributed by atoms with Crippen molar-refractivity contribution in [3.8, 4) is 5.75 Å². The minimum Gasteiger partial charge on any atom is -0.494 e. The molecule has 4 rings (SSSR count). The third-order valence-electron chi connectivity index (χ3n) is 6.57. The van der Waals surface area contributed by atoms with E-state index in [4.69, 9.17) is 4.74 Å². The molecule has 0 radical (unpaired) electrons. The van der Waals surface area contributed by atoms with Crippen molar-refractivity contribution >= 4 is 5.57 Å². The lowest BCUT2D eigenvalue weighted by molar-refractivity contribution is 0.225. The third-order valence-corrected chi connectivity index (χ3v) is 6.57. The van der Waals surface area contributed by atoms with Crippen LogP contribution in [0.3, 0.4) is 0 Å². The topological polar surface area (TPSA) is 21.3 Å². The zero-order chi connectivity index (χ0) is 16.7. The van der Waals surface area contributed by atoms with Crippen molar-refractivity contribution in [2.24, 2.45) is 11.8 Å². The number of hydrogen-bond acceptors (Lipinski definition) is 2. The highest BCUT2D eigenvalue weighted by atomic mass is 16.5. The van der Waals surface area contributed by atoms with Gasteiger partial charge in [0.25, 0.3) is 0 Å². The van der Waals surface area contributed by atoms with Crippen LogP contribution in [-0.4, -0.2) is 19.2 Å². The van der Waals surface area contributed by atoms with E-state index in [1.54, 1.807) is 11.1 Å². The largest absolute Gasteiger partial charge is 0.494 e. The fraction of sp³-hybridized carbons (Fsp3) is 0.636. The van der Waals surface area contributed by atoms with Crippen LogP contribution in [-0.2, 0) is 0 Å². The quantitative estimate of drug-likeness (QED) is 0.830. The van der Waals surface area contributed by atoms with Crippen LogP contribution in [0.15, 0.2) is 23.8 Å². The first-order chi connectivity index (χ1) is 11.7. The molecule has 0 spiro atoms. The summed E-state index contributed by atoms with van der Waals surface area (Å²) >= 11 is 0. The summed E-state index contributed by atoms with van der Waals surface area (Å²) in [4.78, 5) is 0. The molecule has 1 aromatic rings. The summed E-state index contributed by atoms with van der Waals surface area (Å²) in [5.74, 6) is 3.28. The van der Waals surface area contributed by atoms with Gasteiger partial charge in [-0.1, -0.05) is 31.9 Å². The Bertz CT molecular complexity index is 647. The van der Waals surface area contributed by atoms with E-state index in [0.29, 0.717) is 5.92 Å². The molecular weight excluding hydrogens is 294 g/mol. The molecule has 3 aliphatic rings. The molecule has 2 aliphatic carbocycles. The van der Waals surface area contributed by atoms with Crippen LogP contribution in [0.25, 0.3) is 5.57 Å². The molecule has 130 valence electrons. The summed E-state index contributed by atoms with van der Waals surface area (Å²) in [6.45, 7) is 8.72. The van der Waals surface area contributed by atoms with Gasteiger partial charge in [-0.25, -0.2) is 0 Å². The normalized spacial score (nSPS) is 32.0. The molecule has 2 heteroatoms. The number of fused-ring (bicyclic) bond motifs is 5. The van der Waals surface area contributed by atoms with Gasteiger partial charge < -0.3 is 10.1 Å². The van der Waals surface area contributed by atoms with Crippen LogP contribution in [0.4, 0.5) is 0 Å². The van der Waals surface area contributed by atoms with Crippen molar-refractivity contribution in [2.45, 2.75) is 64.8 Å². The second-order valence-corrected chi connectivity index (χ2v) is 7.92. The maximum atomic E-state index is 5.78. The Kier molecular flexibility index (Phi) is 4.42. The zero-order valence-electron chi connectivity index (χ0n) is 15.4. The number of nitrogens with one attached hydrogen (secondary N) is 1. The Balaban J connectivity index is 1.74. The third kappa shape index (κ3) is 2.69. The lowest BCUT2D eigenvalue weighted by Gasteiger charge is -2.39. The Morgan fingerprint density at radius 2 is 2.04 bits per heavy atom. The van der Waals surface area contributed by atoms with Crippen LogP contribution < -0.4 is 10.1 Å². The van der Waals surface area contributed by atoms with Crippen molar-refractivity contribution in [1.29, 1.82) is 0 Å². The second kappa shape index (κ2) is 6.55. The SMILES string of the molecule is CCOc1ccc2c(c1)C1=C(C2C)[C@@H]2CC(C[C@H](CC)C2)NCC1. The molecule has 1 fully saturated rings. The van der Waals surface area contributed by atoms with Crippen LogP contribution >= 0.6 is 0 Å². The molecule has 2 nitrogen and oxygen atoms in total. The van der Waals surface area contributed by atoms with Gasteiger partial charge in [-0.2, -0.15) is 0 Å². The van der Waals surface area contributed by atoms with E-state index >= 15 is 0 Å². The van der Waals surface area contributed by atoms with E-state index in [0.717, 1.165) is 36.8 Å². The number of benzene rings is 1. The summed E-state index contributed by atoms with van der Waals surface area (Å²) < 4.78 is 5.78. The minimum absolute atomic E-state index is 0.588. The second-order valence-electron chi connectivity index (χ2n) is 7.92. The highest BCUT2D eigenvalue weighted by molar-refractivity contribution is 5.79. The van der Waals surface area contributed by atoms with Crippen molar-refractivity contribution < 1.29 is 4.74 Å². The van der Waals surface area contributed by atoms with Crippen LogP contribution in [0.2, 0.25) is 0 Å². The highest BCUT2D eigenvalue weighted by Gasteiger charge is 2.38. The predicted octanol–water partition coefficient (Wildman–Crippen LogP) is 5.14. The first-order valence-corrected chi connectivity index (χ1v) is 9.94. The summed E-state index contributed by atoms with van der Waals surface area (Å²) in [5.41, 5.74) is 6.40. The Morgan fingerprint density at radius 3 is 2.83 bits per heavy atom. The van der Waals surface area contributed by atoms with E-state index in [-0.39, 0.29) is 0 Å². The Labute approximate surface area is 146 Å². The summed E-state index contributed by atoms with van der Waals surface area (Å²) in [7, 11) is 0. The van der Waals surface area contributed by atoms with Gasteiger partial charge in [-0.15, -0.1) is 0 Å². The molecule has 2 bridgehead atoms. The van der Waals surface area contributed by atoms with E-state index in [9.17, 15) is 0 Å². The summed E-state index contributed by atoms with van der Waals surface area (Å²) in [5, 5.41) is 3.85. The van der Waals surface area contributed by atoms with Crippen molar-refractivity contribution in [3.63, 3.8) is 0 Å². The molecule has 1 saturated carbocycles. The van der Waals surface area contributed by atoms with Crippen molar-refractivity contribution in [2.75, 3.05) is 13.2 Å². The summed E-state index contributed by atoms with van der Waals surface area (Å²) in [6.07, 6.45) is 6.61. The standard InChI is InChI=1S/C22H31NO/c1-4-15-10-16-12-17(11-15)23-9-8-20-21-13-18(24-5-2)6-7-19(21)14(3)22(16)20/h6-7,13-17,23H,4-5,8-12H2,1-3H3/t14?,15-,16+,17?/m1/s1. The molecule has 0 aromatic heterocycles. The lowest BCUT2D eigenvalue weighted by Crippen LogP contribution is -2.40. The Morgan fingerprint density at radius 1 is 1.17 bits per heavy atom. The number of ether oxygens (including phenoxy) is 1. The average Bonchev–Trinajstić information content (AvgIpc) is 2.85.